The third-order valence-electron chi connectivity index (χ3n) is 3.55. The van der Waals surface area contributed by atoms with Crippen molar-refractivity contribution in [1.82, 2.24) is 4.90 Å². The molecule has 1 heterocycles. The van der Waals surface area contributed by atoms with Gasteiger partial charge in [0, 0.05) is 32.7 Å². The van der Waals surface area contributed by atoms with Crippen molar-refractivity contribution in [2.75, 3.05) is 43.4 Å². The van der Waals surface area contributed by atoms with Gasteiger partial charge in [-0.3, -0.25) is 15.0 Å². The highest BCUT2D eigenvalue weighted by Crippen LogP contribution is 2.34. The molecular formula is C14H22N4O3. The highest BCUT2D eigenvalue weighted by molar-refractivity contribution is 5.75. The summed E-state index contributed by atoms with van der Waals surface area (Å²) in [6.07, 6.45) is 0. The molecule has 7 heteroatoms. The van der Waals surface area contributed by atoms with E-state index >= 15 is 0 Å². The van der Waals surface area contributed by atoms with Crippen LogP contribution in [0, 0.1) is 10.1 Å². The first-order valence-corrected chi connectivity index (χ1v) is 7.00. The lowest BCUT2D eigenvalue weighted by Gasteiger charge is -2.38. The van der Waals surface area contributed by atoms with Gasteiger partial charge in [0.25, 0.3) is 0 Å². The molecule has 1 fully saturated rings. The van der Waals surface area contributed by atoms with Crippen molar-refractivity contribution in [3.63, 3.8) is 0 Å². The number of hydrogen-bond acceptors (Lipinski definition) is 6. The number of para-hydroxylation sites is 1. The second-order valence-corrected chi connectivity index (χ2v) is 6.05. The van der Waals surface area contributed by atoms with E-state index in [-0.39, 0.29) is 11.4 Å². The summed E-state index contributed by atoms with van der Waals surface area (Å²) in [7, 11) is 0. The van der Waals surface area contributed by atoms with E-state index in [4.69, 9.17) is 5.73 Å². The Labute approximate surface area is 124 Å². The normalized spacial score (nSPS) is 17.0. The van der Waals surface area contributed by atoms with Gasteiger partial charge >= 0.3 is 5.69 Å². The molecule has 0 aromatic heterocycles. The molecular weight excluding hydrogens is 272 g/mol. The molecule has 7 nitrogen and oxygen atoms in total. The zero-order chi connectivity index (χ0) is 15.6. The predicted molar refractivity (Wildman–Crippen MR) is 82.5 cm³/mol. The monoisotopic (exact) mass is 294 g/mol. The van der Waals surface area contributed by atoms with Gasteiger partial charge in [-0.15, -0.1) is 0 Å². The van der Waals surface area contributed by atoms with Crippen LogP contribution in [0.5, 0.6) is 0 Å². The number of nitro groups is 1. The van der Waals surface area contributed by atoms with E-state index in [0.717, 1.165) is 13.1 Å². The Bertz CT molecular complexity index is 519. The number of rotatable bonds is 4. The van der Waals surface area contributed by atoms with Crippen LogP contribution in [0.1, 0.15) is 13.8 Å². The molecule has 0 unspecified atom stereocenters. The zero-order valence-electron chi connectivity index (χ0n) is 12.5. The molecule has 1 aromatic rings. The summed E-state index contributed by atoms with van der Waals surface area (Å²) in [5, 5.41) is 21.0. The first kappa shape index (κ1) is 15.5. The number of aliphatic hydroxyl groups is 1. The summed E-state index contributed by atoms with van der Waals surface area (Å²) < 4.78 is 0. The molecule has 1 aliphatic rings. The number of piperazine rings is 1. The van der Waals surface area contributed by atoms with Crippen LogP contribution in [0.3, 0.4) is 0 Å². The Morgan fingerprint density at radius 3 is 2.48 bits per heavy atom. The summed E-state index contributed by atoms with van der Waals surface area (Å²) in [5.74, 6) is 0. The van der Waals surface area contributed by atoms with E-state index < -0.39 is 10.5 Å². The Morgan fingerprint density at radius 1 is 1.33 bits per heavy atom. The van der Waals surface area contributed by atoms with Crippen molar-refractivity contribution in [2.24, 2.45) is 0 Å². The molecule has 0 spiro atoms. The summed E-state index contributed by atoms with van der Waals surface area (Å²) in [5.41, 5.74) is 5.74. The molecule has 2 rings (SSSR count). The molecule has 0 radical (unpaired) electrons. The average Bonchev–Trinajstić information content (AvgIpc) is 2.37. The maximum absolute atomic E-state index is 11.2. The second kappa shape index (κ2) is 5.87. The summed E-state index contributed by atoms with van der Waals surface area (Å²) in [4.78, 5) is 14.9. The van der Waals surface area contributed by atoms with Crippen LogP contribution < -0.4 is 10.6 Å². The number of nitrogens with two attached hydrogens (primary N) is 1. The number of nitrogen functional groups attached to an aromatic ring is 1. The maximum Gasteiger partial charge on any atom is 0.315 e. The van der Waals surface area contributed by atoms with Crippen molar-refractivity contribution >= 4 is 17.1 Å². The smallest absolute Gasteiger partial charge is 0.315 e. The minimum atomic E-state index is -0.731. The fourth-order valence-electron chi connectivity index (χ4n) is 2.70. The van der Waals surface area contributed by atoms with Gasteiger partial charge in [-0.1, -0.05) is 6.07 Å². The van der Waals surface area contributed by atoms with Gasteiger partial charge in [0.2, 0.25) is 0 Å². The molecule has 21 heavy (non-hydrogen) atoms. The number of nitro benzene ring substituents is 1. The largest absolute Gasteiger partial charge is 0.393 e. The number of hydrogen-bond donors (Lipinski definition) is 2. The first-order chi connectivity index (χ1) is 9.78. The lowest BCUT2D eigenvalue weighted by molar-refractivity contribution is -0.383. The standard InChI is InChI=1S/C14H22N4O3/c1-14(2,19)10-16-6-8-17(9-7-16)12-5-3-4-11(15)13(12)18(20)21/h3-5,19H,6-10,15H2,1-2H3. The molecule has 3 N–H and O–H groups in total. The second-order valence-electron chi connectivity index (χ2n) is 6.05. The summed E-state index contributed by atoms with van der Waals surface area (Å²) >= 11 is 0. The van der Waals surface area contributed by atoms with E-state index in [1.165, 1.54) is 0 Å². The molecule has 1 aliphatic heterocycles. The molecule has 1 saturated heterocycles. The number of anilines is 2. The van der Waals surface area contributed by atoms with Gasteiger partial charge in [0.05, 0.1) is 10.5 Å². The van der Waals surface area contributed by atoms with E-state index in [0.29, 0.717) is 25.3 Å². The maximum atomic E-state index is 11.2. The third-order valence-corrected chi connectivity index (χ3v) is 3.55. The van der Waals surface area contributed by atoms with Gasteiger partial charge in [0.15, 0.2) is 0 Å². The summed E-state index contributed by atoms with van der Waals surface area (Å²) in [6.45, 7) is 7.04. The Kier molecular flexibility index (Phi) is 4.34. The predicted octanol–water partition coefficient (Wildman–Crippen LogP) is 1.07. The van der Waals surface area contributed by atoms with Crippen molar-refractivity contribution in [3.8, 4) is 0 Å². The van der Waals surface area contributed by atoms with E-state index in [2.05, 4.69) is 4.90 Å². The highest BCUT2D eigenvalue weighted by Gasteiger charge is 2.27. The van der Waals surface area contributed by atoms with Gasteiger partial charge in [-0.25, -0.2) is 0 Å². The highest BCUT2D eigenvalue weighted by atomic mass is 16.6. The van der Waals surface area contributed by atoms with Crippen molar-refractivity contribution in [1.29, 1.82) is 0 Å². The topological polar surface area (TPSA) is 95.9 Å². The van der Waals surface area contributed by atoms with Crippen molar-refractivity contribution in [2.45, 2.75) is 19.4 Å². The van der Waals surface area contributed by atoms with E-state index in [9.17, 15) is 15.2 Å². The molecule has 0 atom stereocenters. The van der Waals surface area contributed by atoms with Crippen LogP contribution in [0.15, 0.2) is 18.2 Å². The Balaban J connectivity index is 2.10. The van der Waals surface area contributed by atoms with Crippen LogP contribution in [-0.2, 0) is 0 Å². The van der Waals surface area contributed by atoms with Crippen LogP contribution in [0.2, 0.25) is 0 Å². The summed E-state index contributed by atoms with van der Waals surface area (Å²) in [6, 6.07) is 5.02. The SMILES string of the molecule is CC(C)(O)CN1CCN(c2cccc(N)c2[N+](=O)[O-])CC1. The van der Waals surface area contributed by atoms with Crippen molar-refractivity contribution in [3.05, 3.63) is 28.3 Å². The van der Waals surface area contributed by atoms with Crippen molar-refractivity contribution < 1.29 is 10.0 Å². The van der Waals surface area contributed by atoms with E-state index in [1.54, 1.807) is 32.0 Å². The quantitative estimate of drug-likeness (QED) is 0.490. The molecule has 0 amide bonds. The minimum Gasteiger partial charge on any atom is -0.393 e. The lowest BCUT2D eigenvalue weighted by Crippen LogP contribution is -2.50. The van der Waals surface area contributed by atoms with Gasteiger partial charge in [-0.2, -0.15) is 0 Å². The van der Waals surface area contributed by atoms with Gasteiger partial charge in [-0.05, 0) is 26.0 Å². The molecule has 0 bridgehead atoms. The van der Waals surface area contributed by atoms with Gasteiger partial charge < -0.3 is 15.7 Å². The third kappa shape index (κ3) is 3.83. The van der Waals surface area contributed by atoms with Crippen LogP contribution in [0.25, 0.3) is 0 Å². The fraction of sp³-hybridized carbons (Fsp3) is 0.571. The lowest BCUT2D eigenvalue weighted by atomic mass is 10.1. The van der Waals surface area contributed by atoms with Crippen LogP contribution in [-0.4, -0.2) is 53.3 Å². The zero-order valence-corrected chi connectivity index (χ0v) is 12.5. The van der Waals surface area contributed by atoms with E-state index in [1.807, 2.05) is 4.90 Å². The Morgan fingerprint density at radius 2 is 1.95 bits per heavy atom. The molecule has 0 aliphatic carbocycles. The molecule has 1 aromatic carbocycles. The fourth-order valence-corrected chi connectivity index (χ4v) is 2.70. The minimum absolute atomic E-state index is 0.0200. The molecule has 0 saturated carbocycles. The van der Waals surface area contributed by atoms with Gasteiger partial charge in [0.1, 0.15) is 11.4 Å². The first-order valence-electron chi connectivity index (χ1n) is 7.00. The van der Waals surface area contributed by atoms with Crippen LogP contribution >= 0.6 is 0 Å². The van der Waals surface area contributed by atoms with Crippen LogP contribution in [0.4, 0.5) is 17.1 Å². The number of nitrogens with zero attached hydrogens (tertiary/aromatic N) is 3. The molecule has 116 valence electrons. The number of benzene rings is 1. The average molecular weight is 294 g/mol. The number of β-amino-alcohol motifs (C(OH)–C–C–N with tert-alkyl or cyclic N) is 1. The Hall–Kier alpha value is -1.86.